The molecule has 150 valence electrons. The highest BCUT2D eigenvalue weighted by Crippen LogP contribution is 2.28. The number of nitrogens with zero attached hydrogens (tertiary/aromatic N) is 1. The fourth-order valence-electron chi connectivity index (χ4n) is 2.66. The average Bonchev–Trinajstić information content (AvgIpc) is 3.23. The summed E-state index contributed by atoms with van der Waals surface area (Å²) in [6.07, 6.45) is 4.68. The monoisotopic (exact) mass is 387 g/mol. The predicted molar refractivity (Wildman–Crippen MR) is 104 cm³/mol. The van der Waals surface area contributed by atoms with Crippen molar-refractivity contribution in [2.75, 3.05) is 27.9 Å². The van der Waals surface area contributed by atoms with Gasteiger partial charge in [0.15, 0.2) is 11.5 Å². The lowest BCUT2D eigenvalue weighted by Gasteiger charge is -2.23. The molecule has 28 heavy (non-hydrogen) atoms. The molecule has 0 radical (unpaired) electrons. The molecule has 1 unspecified atom stereocenters. The largest absolute Gasteiger partial charge is 0.493 e. The van der Waals surface area contributed by atoms with Crippen LogP contribution in [0.3, 0.4) is 0 Å². The molecule has 0 aliphatic heterocycles. The third-order valence-electron chi connectivity index (χ3n) is 4.16. The van der Waals surface area contributed by atoms with E-state index in [2.05, 4.69) is 0 Å². The minimum absolute atomic E-state index is 0.211. The SMILES string of the molecule is COC(=O)C(C)CN(Cc1ccco1)C(=O)/C=C/c1ccc(OC)c(OC)c1. The molecule has 1 atom stereocenters. The summed E-state index contributed by atoms with van der Waals surface area (Å²) in [5.74, 6) is 0.729. The van der Waals surface area contributed by atoms with Gasteiger partial charge in [0.05, 0.1) is 40.1 Å². The lowest BCUT2D eigenvalue weighted by molar-refractivity contribution is -0.146. The molecule has 2 aromatic rings. The van der Waals surface area contributed by atoms with Crippen molar-refractivity contribution in [2.45, 2.75) is 13.5 Å². The summed E-state index contributed by atoms with van der Waals surface area (Å²) in [6, 6.07) is 8.89. The summed E-state index contributed by atoms with van der Waals surface area (Å²) in [7, 11) is 4.44. The standard InChI is InChI=1S/C21H25NO6/c1-15(21(24)27-4)13-22(14-17-6-5-11-28-17)20(23)10-8-16-7-9-18(25-2)19(12-16)26-3/h5-12,15H,13-14H2,1-4H3/b10-8+. The summed E-state index contributed by atoms with van der Waals surface area (Å²) < 4.78 is 20.6. The zero-order valence-corrected chi connectivity index (χ0v) is 16.5. The molecule has 0 bridgehead atoms. The van der Waals surface area contributed by atoms with E-state index in [-0.39, 0.29) is 25.0 Å². The van der Waals surface area contributed by atoms with Crippen LogP contribution in [0.5, 0.6) is 11.5 Å². The van der Waals surface area contributed by atoms with E-state index in [0.717, 1.165) is 5.56 Å². The van der Waals surface area contributed by atoms with Crippen LogP contribution < -0.4 is 9.47 Å². The van der Waals surface area contributed by atoms with Crippen molar-refractivity contribution in [1.82, 2.24) is 4.90 Å². The van der Waals surface area contributed by atoms with Crippen LogP contribution >= 0.6 is 0 Å². The van der Waals surface area contributed by atoms with Crippen molar-refractivity contribution < 1.29 is 28.2 Å². The Balaban J connectivity index is 2.16. The number of carbonyl (C=O) groups is 2. The van der Waals surface area contributed by atoms with Crippen molar-refractivity contribution in [3.05, 3.63) is 54.0 Å². The molecule has 0 spiro atoms. The molecule has 2 rings (SSSR count). The third kappa shape index (κ3) is 5.64. The zero-order valence-electron chi connectivity index (χ0n) is 16.5. The van der Waals surface area contributed by atoms with Crippen molar-refractivity contribution >= 4 is 18.0 Å². The van der Waals surface area contributed by atoms with Gasteiger partial charge < -0.3 is 23.5 Å². The lowest BCUT2D eigenvalue weighted by Crippen LogP contribution is -2.35. The maximum Gasteiger partial charge on any atom is 0.310 e. The van der Waals surface area contributed by atoms with Gasteiger partial charge in [-0.05, 0) is 35.9 Å². The summed E-state index contributed by atoms with van der Waals surface area (Å²) in [6.45, 7) is 2.18. The Hall–Kier alpha value is -3.22. The molecule has 1 amide bonds. The second kappa shape index (κ2) is 10.2. The molecule has 0 aliphatic rings. The van der Waals surface area contributed by atoms with Gasteiger partial charge in [-0.2, -0.15) is 0 Å². The van der Waals surface area contributed by atoms with Gasteiger partial charge in [0.1, 0.15) is 5.76 Å². The second-order valence-corrected chi connectivity index (χ2v) is 6.17. The van der Waals surface area contributed by atoms with Gasteiger partial charge in [-0.15, -0.1) is 0 Å². The van der Waals surface area contributed by atoms with E-state index in [4.69, 9.17) is 18.6 Å². The third-order valence-corrected chi connectivity index (χ3v) is 4.16. The molecule has 0 saturated carbocycles. The first-order valence-corrected chi connectivity index (χ1v) is 8.77. The maximum absolute atomic E-state index is 12.8. The summed E-state index contributed by atoms with van der Waals surface area (Å²) in [5.41, 5.74) is 0.782. The lowest BCUT2D eigenvalue weighted by atomic mass is 10.1. The van der Waals surface area contributed by atoms with Crippen LogP contribution in [0.15, 0.2) is 47.1 Å². The number of esters is 1. The maximum atomic E-state index is 12.8. The van der Waals surface area contributed by atoms with Crippen LogP contribution in [-0.4, -0.2) is 44.7 Å². The highest BCUT2D eigenvalue weighted by atomic mass is 16.5. The van der Waals surface area contributed by atoms with Gasteiger partial charge in [0, 0.05) is 12.6 Å². The fourth-order valence-corrected chi connectivity index (χ4v) is 2.66. The first-order valence-electron chi connectivity index (χ1n) is 8.77. The minimum atomic E-state index is -0.460. The first-order chi connectivity index (χ1) is 13.5. The Morgan fingerprint density at radius 3 is 2.50 bits per heavy atom. The van der Waals surface area contributed by atoms with Crippen LogP contribution in [0, 0.1) is 5.92 Å². The Labute approximate surface area is 164 Å². The Morgan fingerprint density at radius 1 is 1.14 bits per heavy atom. The molecule has 7 nitrogen and oxygen atoms in total. The number of ether oxygens (including phenoxy) is 3. The zero-order chi connectivity index (χ0) is 20.5. The number of furan rings is 1. The van der Waals surface area contributed by atoms with Crippen molar-refractivity contribution in [3.8, 4) is 11.5 Å². The number of benzene rings is 1. The second-order valence-electron chi connectivity index (χ2n) is 6.17. The summed E-state index contributed by atoms with van der Waals surface area (Å²) in [4.78, 5) is 26.1. The van der Waals surface area contributed by atoms with Crippen LogP contribution in [0.2, 0.25) is 0 Å². The molecular formula is C21H25NO6. The van der Waals surface area contributed by atoms with Gasteiger partial charge in [-0.3, -0.25) is 9.59 Å². The molecule has 0 N–H and O–H groups in total. The molecule has 1 aromatic carbocycles. The van der Waals surface area contributed by atoms with Crippen molar-refractivity contribution in [1.29, 1.82) is 0 Å². The van der Waals surface area contributed by atoms with Crippen LogP contribution in [-0.2, 0) is 20.9 Å². The van der Waals surface area contributed by atoms with Crippen molar-refractivity contribution in [3.63, 3.8) is 0 Å². The smallest absolute Gasteiger partial charge is 0.310 e. The number of rotatable bonds is 9. The molecular weight excluding hydrogens is 362 g/mol. The summed E-state index contributed by atoms with van der Waals surface area (Å²) in [5, 5.41) is 0. The molecule has 0 saturated heterocycles. The van der Waals surface area contributed by atoms with E-state index >= 15 is 0 Å². The number of carbonyl (C=O) groups excluding carboxylic acids is 2. The van der Waals surface area contributed by atoms with Crippen LogP contribution in [0.4, 0.5) is 0 Å². The van der Waals surface area contributed by atoms with E-state index in [1.165, 1.54) is 18.1 Å². The Morgan fingerprint density at radius 2 is 1.89 bits per heavy atom. The van der Waals surface area contributed by atoms with Gasteiger partial charge >= 0.3 is 5.97 Å². The predicted octanol–water partition coefficient (Wildman–Crippen LogP) is 3.15. The number of methoxy groups -OCH3 is 3. The molecule has 0 aliphatic carbocycles. The molecule has 0 fully saturated rings. The van der Waals surface area contributed by atoms with E-state index in [1.54, 1.807) is 57.7 Å². The average molecular weight is 387 g/mol. The van der Waals surface area contributed by atoms with E-state index in [9.17, 15) is 9.59 Å². The van der Waals surface area contributed by atoms with Crippen LogP contribution in [0.25, 0.3) is 6.08 Å². The van der Waals surface area contributed by atoms with Gasteiger partial charge in [-0.1, -0.05) is 13.0 Å². The molecule has 1 heterocycles. The van der Waals surface area contributed by atoms with Crippen molar-refractivity contribution in [2.24, 2.45) is 5.92 Å². The number of hydrogen-bond donors (Lipinski definition) is 0. The van der Waals surface area contributed by atoms with Gasteiger partial charge in [0.2, 0.25) is 5.91 Å². The molecule has 1 aromatic heterocycles. The number of hydrogen-bond acceptors (Lipinski definition) is 6. The normalized spacial score (nSPS) is 11.9. The van der Waals surface area contributed by atoms with Crippen LogP contribution in [0.1, 0.15) is 18.2 Å². The molecule has 7 heteroatoms. The fraction of sp³-hybridized carbons (Fsp3) is 0.333. The van der Waals surface area contributed by atoms with E-state index < -0.39 is 5.92 Å². The van der Waals surface area contributed by atoms with E-state index in [0.29, 0.717) is 17.3 Å². The topological polar surface area (TPSA) is 78.2 Å². The quantitative estimate of drug-likeness (QED) is 0.486. The Bertz CT molecular complexity index is 812. The van der Waals surface area contributed by atoms with E-state index in [1.807, 2.05) is 6.07 Å². The highest BCUT2D eigenvalue weighted by Gasteiger charge is 2.21. The van der Waals surface area contributed by atoms with Gasteiger partial charge in [-0.25, -0.2) is 0 Å². The highest BCUT2D eigenvalue weighted by molar-refractivity contribution is 5.92. The number of amides is 1. The van der Waals surface area contributed by atoms with Gasteiger partial charge in [0.25, 0.3) is 0 Å². The first kappa shape index (κ1) is 21.1. The summed E-state index contributed by atoms with van der Waals surface area (Å²) >= 11 is 0. The Kier molecular flexibility index (Phi) is 7.68. The minimum Gasteiger partial charge on any atom is -0.493 e.